The Balaban J connectivity index is 1.54. The molecule has 3 unspecified atom stereocenters. The molecule has 3 saturated heterocycles. The lowest BCUT2D eigenvalue weighted by Crippen LogP contribution is -2.52. The first-order valence-electron chi connectivity index (χ1n) is 9.08. The predicted molar refractivity (Wildman–Crippen MR) is 82.9 cm³/mol. The van der Waals surface area contributed by atoms with Gasteiger partial charge in [-0.2, -0.15) is 0 Å². The molecule has 0 aromatic rings. The van der Waals surface area contributed by atoms with E-state index >= 15 is 0 Å². The van der Waals surface area contributed by atoms with E-state index in [4.69, 9.17) is 0 Å². The van der Waals surface area contributed by atoms with Gasteiger partial charge in [-0.25, -0.2) is 0 Å². The fourth-order valence-electron chi connectivity index (χ4n) is 5.35. The van der Waals surface area contributed by atoms with Gasteiger partial charge >= 0.3 is 0 Å². The molecule has 3 atom stereocenters. The minimum atomic E-state index is -0.187. The smallest absolute Gasteiger partial charge is 0.244 e. The van der Waals surface area contributed by atoms with Crippen molar-refractivity contribution in [3.8, 4) is 0 Å². The van der Waals surface area contributed by atoms with Gasteiger partial charge in [0.25, 0.3) is 0 Å². The highest BCUT2D eigenvalue weighted by atomic mass is 16.2. The number of fused-ring (bicyclic) bond motifs is 1. The van der Waals surface area contributed by atoms with Gasteiger partial charge in [0.05, 0.1) is 11.7 Å². The number of amides is 1. The molecule has 0 aromatic carbocycles. The maximum absolute atomic E-state index is 13.1. The molecule has 1 N–H and O–H groups in total. The minimum Gasteiger partial charge on any atom is -0.322 e. The van der Waals surface area contributed by atoms with Crippen molar-refractivity contribution in [3.05, 3.63) is 0 Å². The molecule has 1 amide bonds. The monoisotopic (exact) mass is 291 g/mol. The maximum Gasteiger partial charge on any atom is 0.244 e. The van der Waals surface area contributed by atoms with Crippen molar-refractivity contribution in [1.82, 2.24) is 15.1 Å². The molecular formula is C17H29N3O. The van der Waals surface area contributed by atoms with Gasteiger partial charge in [-0.15, -0.1) is 0 Å². The third kappa shape index (κ3) is 2.14. The van der Waals surface area contributed by atoms with Gasteiger partial charge in [-0.1, -0.05) is 19.8 Å². The summed E-state index contributed by atoms with van der Waals surface area (Å²) in [6, 6.07) is 1.23. The van der Waals surface area contributed by atoms with E-state index in [1.807, 2.05) is 0 Å². The maximum atomic E-state index is 13.1. The summed E-state index contributed by atoms with van der Waals surface area (Å²) in [5.41, 5.74) is -0.187. The fourth-order valence-corrected chi connectivity index (χ4v) is 5.35. The number of hydrogen-bond donors (Lipinski definition) is 1. The third-order valence-corrected chi connectivity index (χ3v) is 6.45. The van der Waals surface area contributed by atoms with Crippen molar-refractivity contribution in [3.63, 3.8) is 0 Å². The van der Waals surface area contributed by atoms with Crippen molar-refractivity contribution in [2.24, 2.45) is 0 Å². The Morgan fingerprint density at radius 2 is 1.95 bits per heavy atom. The Morgan fingerprint density at radius 3 is 2.71 bits per heavy atom. The molecule has 3 heterocycles. The first-order chi connectivity index (χ1) is 10.2. The second-order valence-electron chi connectivity index (χ2n) is 7.58. The van der Waals surface area contributed by atoms with Crippen LogP contribution in [-0.2, 0) is 4.79 Å². The fraction of sp³-hybridized carbons (Fsp3) is 0.941. The van der Waals surface area contributed by atoms with Gasteiger partial charge in [0, 0.05) is 18.6 Å². The Kier molecular flexibility index (Phi) is 3.49. The van der Waals surface area contributed by atoms with Crippen LogP contribution in [-0.4, -0.2) is 52.6 Å². The molecule has 4 rings (SSSR count). The summed E-state index contributed by atoms with van der Waals surface area (Å²) in [6.07, 6.45) is 10.9. The van der Waals surface area contributed by atoms with E-state index in [1.165, 1.54) is 51.6 Å². The Hall–Kier alpha value is -0.610. The zero-order chi connectivity index (χ0) is 14.4. The van der Waals surface area contributed by atoms with E-state index in [2.05, 4.69) is 22.0 Å². The Morgan fingerprint density at radius 1 is 1.14 bits per heavy atom. The zero-order valence-corrected chi connectivity index (χ0v) is 13.3. The van der Waals surface area contributed by atoms with Crippen molar-refractivity contribution >= 4 is 5.91 Å². The number of nitrogens with one attached hydrogen (secondary N) is 1. The first kappa shape index (κ1) is 14.0. The quantitative estimate of drug-likeness (QED) is 0.846. The van der Waals surface area contributed by atoms with Crippen LogP contribution in [0.2, 0.25) is 0 Å². The number of nitrogens with zero attached hydrogens (tertiary/aromatic N) is 2. The number of carbonyl (C=O) groups excluding carboxylic acids is 1. The van der Waals surface area contributed by atoms with Crippen LogP contribution in [0.3, 0.4) is 0 Å². The normalized spacial score (nSPS) is 39.4. The lowest BCUT2D eigenvalue weighted by molar-refractivity contribution is -0.136. The molecule has 4 fully saturated rings. The predicted octanol–water partition coefficient (Wildman–Crippen LogP) is 2.09. The molecule has 1 spiro atoms. The van der Waals surface area contributed by atoms with Crippen molar-refractivity contribution in [2.75, 3.05) is 13.1 Å². The Labute approximate surface area is 128 Å². The summed E-state index contributed by atoms with van der Waals surface area (Å²) >= 11 is 0. The molecule has 1 saturated carbocycles. The highest BCUT2D eigenvalue weighted by Gasteiger charge is 2.54. The van der Waals surface area contributed by atoms with Crippen LogP contribution in [0.1, 0.15) is 64.7 Å². The summed E-state index contributed by atoms with van der Waals surface area (Å²) in [7, 11) is 0. The van der Waals surface area contributed by atoms with Gasteiger partial charge in [0.1, 0.15) is 0 Å². The first-order valence-corrected chi connectivity index (χ1v) is 9.08. The molecular weight excluding hydrogens is 262 g/mol. The van der Waals surface area contributed by atoms with E-state index in [0.29, 0.717) is 11.9 Å². The highest BCUT2D eigenvalue weighted by molar-refractivity contribution is 5.89. The van der Waals surface area contributed by atoms with Crippen molar-refractivity contribution in [1.29, 1.82) is 0 Å². The van der Waals surface area contributed by atoms with Gasteiger partial charge in [0.2, 0.25) is 5.91 Å². The minimum absolute atomic E-state index is 0.187. The van der Waals surface area contributed by atoms with Crippen LogP contribution < -0.4 is 5.32 Å². The van der Waals surface area contributed by atoms with E-state index in [-0.39, 0.29) is 11.7 Å². The van der Waals surface area contributed by atoms with Crippen LogP contribution in [0, 0.1) is 0 Å². The van der Waals surface area contributed by atoms with Crippen LogP contribution >= 0.6 is 0 Å². The second-order valence-corrected chi connectivity index (χ2v) is 7.58. The Bertz CT molecular complexity index is 418. The summed E-state index contributed by atoms with van der Waals surface area (Å²) < 4.78 is 0. The topological polar surface area (TPSA) is 35.6 Å². The number of carbonyl (C=O) groups is 1. The lowest BCUT2D eigenvalue weighted by Gasteiger charge is -2.41. The second kappa shape index (κ2) is 5.24. The SMILES string of the molecule is CCC1NC2(CCCC2)C(=O)N1C1CCN2CCCC2C1. The summed E-state index contributed by atoms with van der Waals surface area (Å²) in [5.74, 6) is 0.434. The molecule has 3 aliphatic heterocycles. The van der Waals surface area contributed by atoms with Crippen LogP contribution in [0.25, 0.3) is 0 Å². The number of hydrogen-bond acceptors (Lipinski definition) is 3. The summed E-state index contributed by atoms with van der Waals surface area (Å²) in [6.45, 7) is 4.70. The number of piperidine rings is 1. The largest absolute Gasteiger partial charge is 0.322 e. The standard InChI is InChI=1S/C17H29N3O/c1-2-15-18-17(8-3-4-9-17)16(21)20(15)14-7-11-19-10-5-6-13(19)12-14/h13-15,18H,2-12H2,1H3. The molecule has 4 aliphatic rings. The van der Waals surface area contributed by atoms with E-state index in [0.717, 1.165) is 25.3 Å². The van der Waals surface area contributed by atoms with Crippen LogP contribution in [0.5, 0.6) is 0 Å². The third-order valence-electron chi connectivity index (χ3n) is 6.45. The van der Waals surface area contributed by atoms with Crippen molar-refractivity contribution < 1.29 is 4.79 Å². The zero-order valence-electron chi connectivity index (χ0n) is 13.3. The number of rotatable bonds is 2. The molecule has 1 aliphatic carbocycles. The summed E-state index contributed by atoms with van der Waals surface area (Å²) in [4.78, 5) is 18.1. The molecule has 4 nitrogen and oxygen atoms in total. The molecule has 0 radical (unpaired) electrons. The van der Waals surface area contributed by atoms with Gasteiger partial charge in [0.15, 0.2) is 0 Å². The van der Waals surface area contributed by atoms with E-state index in [1.54, 1.807) is 0 Å². The molecule has 4 heteroatoms. The van der Waals surface area contributed by atoms with Gasteiger partial charge in [-0.3, -0.25) is 10.1 Å². The van der Waals surface area contributed by atoms with E-state index in [9.17, 15) is 4.79 Å². The lowest BCUT2D eigenvalue weighted by atomic mass is 9.93. The average molecular weight is 291 g/mol. The van der Waals surface area contributed by atoms with Crippen LogP contribution in [0.4, 0.5) is 0 Å². The van der Waals surface area contributed by atoms with Gasteiger partial charge < -0.3 is 9.80 Å². The molecule has 0 aromatic heterocycles. The summed E-state index contributed by atoms with van der Waals surface area (Å²) in [5, 5.41) is 3.74. The van der Waals surface area contributed by atoms with Gasteiger partial charge in [-0.05, 0) is 51.5 Å². The average Bonchev–Trinajstić information content (AvgIpc) is 3.20. The highest BCUT2D eigenvalue weighted by Crippen LogP contribution is 2.40. The molecule has 118 valence electrons. The molecule has 21 heavy (non-hydrogen) atoms. The van der Waals surface area contributed by atoms with Crippen molar-refractivity contribution in [2.45, 2.75) is 88.5 Å². The molecule has 0 bridgehead atoms. The van der Waals surface area contributed by atoms with E-state index < -0.39 is 0 Å². The van der Waals surface area contributed by atoms with Crippen LogP contribution in [0.15, 0.2) is 0 Å².